The van der Waals surface area contributed by atoms with Crippen LogP contribution in [0.5, 0.6) is 0 Å². The Balaban J connectivity index is 2.37. The van der Waals surface area contributed by atoms with E-state index in [4.69, 9.17) is 0 Å². The van der Waals surface area contributed by atoms with Gasteiger partial charge in [0, 0.05) is 24.5 Å². The fourth-order valence-corrected chi connectivity index (χ4v) is 2.96. The molecule has 6 heteroatoms. The number of aliphatic imine (C=N–C) groups is 1. The van der Waals surface area contributed by atoms with E-state index in [1.54, 1.807) is 30.0 Å². The highest BCUT2D eigenvalue weighted by molar-refractivity contribution is 6.02. The second kappa shape index (κ2) is 7.15. The number of hydrogen-bond acceptors (Lipinski definition) is 5. The zero-order valence-corrected chi connectivity index (χ0v) is 14.1. The lowest BCUT2D eigenvalue weighted by molar-refractivity contribution is -0.116. The normalized spacial score (nSPS) is 20.9. The van der Waals surface area contributed by atoms with Crippen LogP contribution in [0.15, 0.2) is 57.8 Å². The third-order valence-electron chi connectivity index (χ3n) is 4.18. The van der Waals surface area contributed by atoms with E-state index in [-0.39, 0.29) is 28.8 Å². The fourth-order valence-electron chi connectivity index (χ4n) is 2.96. The maximum atomic E-state index is 12.5. The van der Waals surface area contributed by atoms with Gasteiger partial charge in [0.25, 0.3) is 5.91 Å². The number of allylic oxidation sites excluding steroid dienone is 4. The molecule has 1 aliphatic carbocycles. The summed E-state index contributed by atoms with van der Waals surface area (Å²) in [5, 5.41) is 13.1. The Hall–Kier alpha value is -2.85. The van der Waals surface area contributed by atoms with Crippen molar-refractivity contribution < 1.29 is 14.7 Å². The molecule has 0 spiro atoms. The molecule has 1 aliphatic heterocycles. The van der Waals surface area contributed by atoms with Crippen LogP contribution in [0, 0.1) is 5.92 Å². The summed E-state index contributed by atoms with van der Waals surface area (Å²) in [4.78, 5) is 29.5. The molecule has 6 nitrogen and oxygen atoms in total. The quantitative estimate of drug-likeness (QED) is 0.613. The molecule has 1 heterocycles. The van der Waals surface area contributed by atoms with Gasteiger partial charge in [0.15, 0.2) is 5.94 Å². The van der Waals surface area contributed by atoms with Gasteiger partial charge in [-0.05, 0) is 31.8 Å². The van der Waals surface area contributed by atoms with Crippen LogP contribution in [0.2, 0.25) is 0 Å². The lowest BCUT2D eigenvalue weighted by Gasteiger charge is -2.29. The van der Waals surface area contributed by atoms with Crippen molar-refractivity contribution in [3.63, 3.8) is 0 Å². The van der Waals surface area contributed by atoms with Crippen LogP contribution in [-0.4, -0.2) is 35.1 Å². The maximum absolute atomic E-state index is 12.5. The maximum Gasteiger partial charge on any atom is 0.263 e. The zero-order chi connectivity index (χ0) is 17.9. The molecule has 1 amide bonds. The monoisotopic (exact) mass is 327 g/mol. The molecule has 1 atom stereocenters. The summed E-state index contributed by atoms with van der Waals surface area (Å²) < 4.78 is 0. The van der Waals surface area contributed by atoms with Crippen molar-refractivity contribution in [1.29, 1.82) is 0 Å². The number of nitrogens with zero attached hydrogens (tertiary/aromatic N) is 2. The molecule has 2 aliphatic rings. The van der Waals surface area contributed by atoms with Crippen LogP contribution < -0.4 is 5.32 Å². The standard InChI is InChI=1S/C18H21N3O3/c1-5-6-9-19-12(3)20-18(24)16-14(10-22)21(4)13-8-7-11(2)15(13)17(16)23/h5-6,9,11,23H,3,7-8H2,1-2,4H3,(H,20,24)/b6-5-,19-9-. The van der Waals surface area contributed by atoms with Crippen molar-refractivity contribution >= 4 is 18.1 Å². The van der Waals surface area contributed by atoms with Crippen LogP contribution in [-0.2, 0) is 9.59 Å². The largest absolute Gasteiger partial charge is 0.507 e. The molecule has 0 bridgehead atoms. The Kier molecular flexibility index (Phi) is 5.21. The average molecular weight is 327 g/mol. The lowest BCUT2D eigenvalue weighted by atomic mass is 9.94. The molecule has 0 aromatic heterocycles. The van der Waals surface area contributed by atoms with E-state index < -0.39 is 5.91 Å². The Morgan fingerprint density at radius 2 is 2.25 bits per heavy atom. The first-order chi connectivity index (χ1) is 11.4. The zero-order valence-electron chi connectivity index (χ0n) is 14.1. The van der Waals surface area contributed by atoms with Gasteiger partial charge in [-0.2, -0.15) is 0 Å². The van der Waals surface area contributed by atoms with Crippen molar-refractivity contribution in [3.05, 3.63) is 52.9 Å². The highest BCUT2D eigenvalue weighted by atomic mass is 16.3. The predicted molar refractivity (Wildman–Crippen MR) is 92.6 cm³/mol. The summed E-state index contributed by atoms with van der Waals surface area (Å²) in [6, 6.07) is 0. The van der Waals surface area contributed by atoms with Crippen LogP contribution >= 0.6 is 0 Å². The summed E-state index contributed by atoms with van der Waals surface area (Å²) in [5.74, 6) is 1.21. The first kappa shape index (κ1) is 17.5. The molecule has 0 saturated heterocycles. The van der Waals surface area contributed by atoms with Gasteiger partial charge < -0.3 is 15.3 Å². The van der Waals surface area contributed by atoms with Crippen molar-refractivity contribution in [2.45, 2.75) is 26.7 Å². The highest BCUT2D eigenvalue weighted by Gasteiger charge is 2.38. The van der Waals surface area contributed by atoms with Crippen molar-refractivity contribution in [2.75, 3.05) is 7.05 Å². The summed E-state index contributed by atoms with van der Waals surface area (Å²) >= 11 is 0. The van der Waals surface area contributed by atoms with Crippen LogP contribution in [0.1, 0.15) is 26.7 Å². The number of carbonyl (C=O) groups excluding carboxylic acids is 2. The molecule has 0 radical (unpaired) electrons. The van der Waals surface area contributed by atoms with Gasteiger partial charge in [0.05, 0.1) is 0 Å². The third kappa shape index (κ3) is 3.09. The Bertz CT molecular complexity index is 749. The molecular weight excluding hydrogens is 306 g/mol. The Morgan fingerprint density at radius 3 is 2.88 bits per heavy atom. The number of hydrogen-bond donors (Lipinski definition) is 2. The second-order valence-electron chi connectivity index (χ2n) is 5.74. The van der Waals surface area contributed by atoms with E-state index in [1.807, 2.05) is 13.8 Å². The first-order valence-electron chi connectivity index (χ1n) is 7.73. The summed E-state index contributed by atoms with van der Waals surface area (Å²) in [6.07, 6.45) is 6.57. The van der Waals surface area contributed by atoms with Gasteiger partial charge in [0.1, 0.15) is 22.9 Å². The number of nitrogens with one attached hydrogen (secondary N) is 1. The minimum Gasteiger partial charge on any atom is -0.507 e. The third-order valence-corrected chi connectivity index (χ3v) is 4.18. The topological polar surface area (TPSA) is 82.0 Å². The molecule has 0 saturated carbocycles. The smallest absolute Gasteiger partial charge is 0.263 e. The molecule has 2 N–H and O–H groups in total. The van der Waals surface area contributed by atoms with Crippen molar-refractivity contribution in [3.8, 4) is 0 Å². The molecule has 24 heavy (non-hydrogen) atoms. The summed E-state index contributed by atoms with van der Waals surface area (Å²) in [5.41, 5.74) is 1.50. The van der Waals surface area contributed by atoms with Crippen LogP contribution in [0.4, 0.5) is 0 Å². The molecule has 126 valence electrons. The summed E-state index contributed by atoms with van der Waals surface area (Å²) in [6.45, 7) is 7.46. The van der Waals surface area contributed by atoms with E-state index in [9.17, 15) is 14.7 Å². The van der Waals surface area contributed by atoms with Crippen molar-refractivity contribution in [2.24, 2.45) is 10.9 Å². The van der Waals surface area contributed by atoms with E-state index in [2.05, 4.69) is 16.9 Å². The molecule has 0 aromatic rings. The van der Waals surface area contributed by atoms with Crippen molar-refractivity contribution in [1.82, 2.24) is 10.2 Å². The molecular formula is C18H21N3O3. The van der Waals surface area contributed by atoms with Crippen LogP contribution in [0.25, 0.3) is 0 Å². The van der Waals surface area contributed by atoms with Crippen LogP contribution in [0.3, 0.4) is 0 Å². The average Bonchev–Trinajstić information content (AvgIpc) is 2.93. The van der Waals surface area contributed by atoms with E-state index in [0.717, 1.165) is 18.5 Å². The van der Waals surface area contributed by atoms with Gasteiger partial charge in [-0.15, -0.1) is 0 Å². The van der Waals surface area contributed by atoms with E-state index in [0.29, 0.717) is 5.57 Å². The van der Waals surface area contributed by atoms with E-state index in [1.165, 1.54) is 6.21 Å². The minimum absolute atomic E-state index is 0.0167. The second-order valence-corrected chi connectivity index (χ2v) is 5.74. The number of rotatable bonds is 4. The van der Waals surface area contributed by atoms with Gasteiger partial charge in [0.2, 0.25) is 0 Å². The van der Waals surface area contributed by atoms with Gasteiger partial charge in [-0.25, -0.2) is 9.79 Å². The predicted octanol–water partition coefficient (Wildman–Crippen LogP) is 2.38. The van der Waals surface area contributed by atoms with Gasteiger partial charge in [-0.3, -0.25) is 4.79 Å². The first-order valence-corrected chi connectivity index (χ1v) is 7.73. The SMILES string of the molecule is C=C(/N=C\C=C/C)NC(=O)C1=C(O)C2=C(CCC2C)N(C)C1=C=O. The Morgan fingerprint density at radius 1 is 1.54 bits per heavy atom. The Labute approximate surface area is 141 Å². The fraction of sp³-hybridized carbons (Fsp3) is 0.333. The molecule has 2 rings (SSSR count). The minimum atomic E-state index is -0.633. The lowest BCUT2D eigenvalue weighted by Crippen LogP contribution is -2.33. The molecule has 1 unspecified atom stereocenters. The highest BCUT2D eigenvalue weighted by Crippen LogP contribution is 2.43. The summed E-state index contributed by atoms with van der Waals surface area (Å²) in [7, 11) is 1.70. The number of aliphatic hydroxyl groups is 1. The van der Waals surface area contributed by atoms with Gasteiger partial charge >= 0.3 is 0 Å². The number of likely N-dealkylation sites (N-methyl/N-ethyl adjacent to an activating group) is 1. The van der Waals surface area contributed by atoms with E-state index >= 15 is 0 Å². The van der Waals surface area contributed by atoms with Gasteiger partial charge in [-0.1, -0.05) is 19.6 Å². The number of amides is 1. The number of carbonyl (C=O) groups is 1. The molecule has 0 aromatic carbocycles. The molecule has 0 fully saturated rings. The number of aliphatic hydroxyl groups excluding tert-OH is 1.